The molecule has 0 heterocycles. The number of likely N-dealkylation sites (N-methyl/N-ethyl adjacent to an activating group) is 1. The van der Waals surface area contributed by atoms with E-state index in [0.29, 0.717) is 6.04 Å². The van der Waals surface area contributed by atoms with Gasteiger partial charge in [0.1, 0.15) is 0 Å². The number of anilines is 1. The van der Waals surface area contributed by atoms with E-state index in [1.54, 1.807) is 0 Å². The van der Waals surface area contributed by atoms with E-state index < -0.39 is 0 Å². The molecule has 112 valence electrons. The molecule has 1 unspecified atom stereocenters. The molecule has 0 aromatic heterocycles. The van der Waals surface area contributed by atoms with Crippen molar-refractivity contribution in [2.75, 3.05) is 18.5 Å². The molecule has 1 aromatic rings. The Bertz CT molecular complexity index is 377. The van der Waals surface area contributed by atoms with Crippen molar-refractivity contribution in [3.63, 3.8) is 0 Å². The standard InChI is InChI=1S/C18H30N2/c1-3-15-10-12-17(13-11-15)20(2)18(14-19)16-8-6-4-5-7-9-16/h10-13,16,18H,3-9,14,19H2,1-2H3. The van der Waals surface area contributed by atoms with E-state index in [0.717, 1.165) is 18.9 Å². The highest BCUT2D eigenvalue weighted by Crippen LogP contribution is 2.29. The zero-order valence-electron chi connectivity index (χ0n) is 13.1. The molecule has 1 saturated carbocycles. The Morgan fingerprint density at radius 3 is 2.20 bits per heavy atom. The van der Waals surface area contributed by atoms with Crippen molar-refractivity contribution < 1.29 is 0 Å². The van der Waals surface area contributed by atoms with Crippen LogP contribution in [0, 0.1) is 5.92 Å². The lowest BCUT2D eigenvalue weighted by Crippen LogP contribution is -2.43. The minimum atomic E-state index is 0.487. The number of hydrogen-bond acceptors (Lipinski definition) is 2. The topological polar surface area (TPSA) is 29.3 Å². The smallest absolute Gasteiger partial charge is 0.0437 e. The molecule has 1 fully saturated rings. The molecule has 1 aliphatic carbocycles. The molecule has 0 amide bonds. The first kappa shape index (κ1) is 15.4. The number of rotatable bonds is 5. The van der Waals surface area contributed by atoms with Crippen molar-refractivity contribution >= 4 is 5.69 Å². The second-order valence-electron chi connectivity index (χ2n) is 6.19. The Labute approximate surface area is 124 Å². The van der Waals surface area contributed by atoms with Gasteiger partial charge in [0, 0.05) is 25.3 Å². The van der Waals surface area contributed by atoms with Crippen LogP contribution in [0.25, 0.3) is 0 Å². The highest BCUT2D eigenvalue weighted by atomic mass is 15.1. The van der Waals surface area contributed by atoms with Crippen molar-refractivity contribution in [3.8, 4) is 0 Å². The van der Waals surface area contributed by atoms with Gasteiger partial charge in [-0.2, -0.15) is 0 Å². The molecule has 1 atom stereocenters. The Kier molecular flexibility index (Phi) is 5.90. The summed E-state index contributed by atoms with van der Waals surface area (Å²) >= 11 is 0. The maximum atomic E-state index is 6.11. The molecule has 20 heavy (non-hydrogen) atoms. The Morgan fingerprint density at radius 2 is 1.70 bits per heavy atom. The van der Waals surface area contributed by atoms with Crippen LogP contribution in [0.5, 0.6) is 0 Å². The summed E-state index contributed by atoms with van der Waals surface area (Å²) < 4.78 is 0. The van der Waals surface area contributed by atoms with E-state index >= 15 is 0 Å². The largest absolute Gasteiger partial charge is 0.370 e. The molecule has 2 N–H and O–H groups in total. The molecular weight excluding hydrogens is 244 g/mol. The lowest BCUT2D eigenvalue weighted by molar-refractivity contribution is 0.369. The van der Waals surface area contributed by atoms with Crippen molar-refractivity contribution in [2.45, 2.75) is 57.9 Å². The van der Waals surface area contributed by atoms with Gasteiger partial charge in [0.25, 0.3) is 0 Å². The predicted octanol–water partition coefficient (Wildman–Crippen LogP) is 3.98. The quantitative estimate of drug-likeness (QED) is 0.823. The van der Waals surface area contributed by atoms with Crippen molar-refractivity contribution in [2.24, 2.45) is 11.7 Å². The fourth-order valence-electron chi connectivity index (χ4n) is 3.52. The third kappa shape index (κ3) is 3.76. The number of nitrogens with zero attached hydrogens (tertiary/aromatic N) is 1. The normalized spacial score (nSPS) is 18.6. The van der Waals surface area contributed by atoms with Crippen LogP contribution < -0.4 is 10.6 Å². The maximum absolute atomic E-state index is 6.11. The van der Waals surface area contributed by atoms with Gasteiger partial charge in [0.2, 0.25) is 0 Å². The summed E-state index contributed by atoms with van der Waals surface area (Å²) in [6.07, 6.45) is 9.37. The lowest BCUT2D eigenvalue weighted by Gasteiger charge is -2.35. The third-order valence-corrected chi connectivity index (χ3v) is 4.93. The van der Waals surface area contributed by atoms with E-state index in [-0.39, 0.29) is 0 Å². The minimum absolute atomic E-state index is 0.487. The van der Waals surface area contributed by atoms with Gasteiger partial charge < -0.3 is 10.6 Å². The molecule has 1 aromatic carbocycles. The Balaban J connectivity index is 2.08. The first-order chi connectivity index (χ1) is 9.76. The van der Waals surface area contributed by atoms with Crippen LogP contribution in [0.3, 0.4) is 0 Å². The summed E-state index contributed by atoms with van der Waals surface area (Å²) in [7, 11) is 2.21. The zero-order chi connectivity index (χ0) is 14.4. The molecule has 2 heteroatoms. The van der Waals surface area contributed by atoms with Gasteiger partial charge in [-0.25, -0.2) is 0 Å². The summed E-state index contributed by atoms with van der Waals surface area (Å²) in [4.78, 5) is 2.41. The van der Waals surface area contributed by atoms with Crippen LogP contribution in [0.1, 0.15) is 51.0 Å². The van der Waals surface area contributed by atoms with E-state index in [1.807, 2.05) is 0 Å². The van der Waals surface area contributed by atoms with Crippen LogP contribution in [0.4, 0.5) is 5.69 Å². The summed E-state index contributed by atoms with van der Waals surface area (Å²) in [6.45, 7) is 2.96. The molecule has 1 aliphatic rings. The molecule has 0 saturated heterocycles. The third-order valence-electron chi connectivity index (χ3n) is 4.93. The van der Waals surface area contributed by atoms with E-state index in [1.165, 1.54) is 49.8 Å². The van der Waals surface area contributed by atoms with Gasteiger partial charge in [-0.05, 0) is 42.9 Å². The van der Waals surface area contributed by atoms with Crippen LogP contribution >= 0.6 is 0 Å². The molecule has 2 nitrogen and oxygen atoms in total. The monoisotopic (exact) mass is 274 g/mol. The van der Waals surface area contributed by atoms with Gasteiger partial charge in [-0.1, -0.05) is 44.7 Å². The van der Waals surface area contributed by atoms with Crippen molar-refractivity contribution in [1.29, 1.82) is 0 Å². The molecule has 0 spiro atoms. The summed E-state index contributed by atoms with van der Waals surface area (Å²) in [6, 6.07) is 9.47. The first-order valence-electron chi connectivity index (χ1n) is 8.28. The predicted molar refractivity (Wildman–Crippen MR) is 88.3 cm³/mol. The van der Waals surface area contributed by atoms with E-state index in [9.17, 15) is 0 Å². The first-order valence-corrected chi connectivity index (χ1v) is 8.28. The molecular formula is C18H30N2. The van der Waals surface area contributed by atoms with Gasteiger partial charge in [-0.3, -0.25) is 0 Å². The van der Waals surface area contributed by atoms with Gasteiger partial charge in [0.15, 0.2) is 0 Å². The number of nitrogens with two attached hydrogens (primary N) is 1. The van der Waals surface area contributed by atoms with Gasteiger partial charge in [-0.15, -0.1) is 0 Å². The van der Waals surface area contributed by atoms with E-state index in [2.05, 4.69) is 43.1 Å². The highest BCUT2D eigenvalue weighted by Gasteiger charge is 2.25. The molecule has 2 rings (SSSR count). The average molecular weight is 274 g/mol. The molecule has 0 aliphatic heterocycles. The Hall–Kier alpha value is -1.02. The van der Waals surface area contributed by atoms with Crippen LogP contribution in [0.2, 0.25) is 0 Å². The molecule has 0 bridgehead atoms. The second kappa shape index (κ2) is 7.68. The zero-order valence-corrected chi connectivity index (χ0v) is 13.1. The van der Waals surface area contributed by atoms with Gasteiger partial charge >= 0.3 is 0 Å². The maximum Gasteiger partial charge on any atom is 0.0437 e. The number of hydrogen-bond donors (Lipinski definition) is 1. The fourth-order valence-corrected chi connectivity index (χ4v) is 3.52. The SMILES string of the molecule is CCc1ccc(N(C)C(CN)C2CCCCCC2)cc1. The van der Waals surface area contributed by atoms with Crippen molar-refractivity contribution in [1.82, 2.24) is 0 Å². The minimum Gasteiger partial charge on any atom is -0.370 e. The lowest BCUT2D eigenvalue weighted by atomic mass is 9.90. The van der Waals surface area contributed by atoms with Crippen molar-refractivity contribution in [3.05, 3.63) is 29.8 Å². The highest BCUT2D eigenvalue weighted by molar-refractivity contribution is 5.48. The van der Waals surface area contributed by atoms with Crippen LogP contribution in [-0.4, -0.2) is 19.6 Å². The summed E-state index contributed by atoms with van der Waals surface area (Å²) in [5.74, 6) is 0.762. The average Bonchev–Trinajstić information content (AvgIpc) is 2.77. The number of aryl methyl sites for hydroxylation is 1. The van der Waals surface area contributed by atoms with Crippen LogP contribution in [0.15, 0.2) is 24.3 Å². The fraction of sp³-hybridized carbons (Fsp3) is 0.667. The summed E-state index contributed by atoms with van der Waals surface area (Å²) in [5.41, 5.74) is 8.82. The summed E-state index contributed by atoms with van der Waals surface area (Å²) in [5, 5.41) is 0. The second-order valence-corrected chi connectivity index (χ2v) is 6.19. The van der Waals surface area contributed by atoms with Crippen LogP contribution in [-0.2, 0) is 6.42 Å². The van der Waals surface area contributed by atoms with E-state index in [4.69, 9.17) is 5.73 Å². The Morgan fingerprint density at radius 1 is 1.10 bits per heavy atom. The van der Waals surface area contributed by atoms with Gasteiger partial charge in [0.05, 0.1) is 0 Å². The molecule has 0 radical (unpaired) electrons. The number of benzene rings is 1.